The van der Waals surface area contributed by atoms with Crippen LogP contribution in [-0.2, 0) is 4.79 Å². The Bertz CT molecular complexity index is 941. The van der Waals surface area contributed by atoms with Crippen LogP contribution in [0.4, 0.5) is 14.5 Å². The molecule has 1 amide bonds. The Hall–Kier alpha value is -2.73. The molecule has 0 radical (unpaired) electrons. The van der Waals surface area contributed by atoms with E-state index in [1.165, 1.54) is 17.0 Å². The van der Waals surface area contributed by atoms with Gasteiger partial charge in [-0.3, -0.25) is 9.69 Å². The number of rotatable bonds is 4. The molecule has 0 spiro atoms. The van der Waals surface area contributed by atoms with Crippen LogP contribution in [0.25, 0.3) is 10.9 Å². The molecule has 1 saturated heterocycles. The van der Waals surface area contributed by atoms with Crippen LogP contribution < -0.4 is 5.32 Å². The van der Waals surface area contributed by atoms with Crippen LogP contribution >= 0.6 is 0 Å². The molecule has 6 heteroatoms. The number of aromatic nitrogens is 1. The number of piperidine rings is 1. The number of carbonyl (C=O) groups excluding carboxylic acids is 1. The first-order chi connectivity index (χ1) is 13.1. The van der Waals surface area contributed by atoms with Gasteiger partial charge in [-0.2, -0.15) is 0 Å². The number of para-hydroxylation sites is 2. The number of halogens is 2. The average molecular weight is 369 g/mol. The Morgan fingerprint density at radius 1 is 1.07 bits per heavy atom. The van der Waals surface area contributed by atoms with Crippen molar-refractivity contribution in [2.24, 2.45) is 0 Å². The maximum absolute atomic E-state index is 13.7. The predicted molar refractivity (Wildman–Crippen MR) is 102 cm³/mol. The van der Waals surface area contributed by atoms with E-state index in [0.29, 0.717) is 5.92 Å². The van der Waals surface area contributed by atoms with Crippen LogP contribution in [0.3, 0.4) is 0 Å². The quantitative estimate of drug-likeness (QED) is 0.722. The van der Waals surface area contributed by atoms with E-state index in [0.717, 1.165) is 43.6 Å². The molecule has 27 heavy (non-hydrogen) atoms. The van der Waals surface area contributed by atoms with Gasteiger partial charge in [-0.25, -0.2) is 8.78 Å². The smallest absolute Gasteiger partial charge is 0.238 e. The summed E-state index contributed by atoms with van der Waals surface area (Å²) >= 11 is 0. The molecule has 0 atom stereocenters. The van der Waals surface area contributed by atoms with Gasteiger partial charge in [0.15, 0.2) is 0 Å². The van der Waals surface area contributed by atoms with Gasteiger partial charge >= 0.3 is 0 Å². The van der Waals surface area contributed by atoms with Crippen LogP contribution in [-0.4, -0.2) is 35.4 Å². The van der Waals surface area contributed by atoms with Gasteiger partial charge in [-0.05, 0) is 55.6 Å². The Labute approximate surface area is 156 Å². The first-order valence-corrected chi connectivity index (χ1v) is 9.14. The zero-order valence-electron chi connectivity index (χ0n) is 14.8. The Morgan fingerprint density at radius 2 is 1.78 bits per heavy atom. The molecule has 1 aliphatic rings. The van der Waals surface area contributed by atoms with Gasteiger partial charge in [0.05, 0.1) is 6.54 Å². The van der Waals surface area contributed by atoms with E-state index in [9.17, 15) is 13.6 Å². The molecule has 3 aromatic rings. The van der Waals surface area contributed by atoms with Crippen LogP contribution in [0.5, 0.6) is 0 Å². The van der Waals surface area contributed by atoms with Gasteiger partial charge < -0.3 is 10.3 Å². The van der Waals surface area contributed by atoms with Crippen molar-refractivity contribution in [2.75, 3.05) is 25.0 Å². The molecule has 140 valence electrons. The molecule has 1 aromatic heterocycles. The summed E-state index contributed by atoms with van der Waals surface area (Å²) in [6, 6.07) is 11.8. The number of carbonyl (C=O) groups is 1. The number of aromatic amines is 1. The van der Waals surface area contributed by atoms with Gasteiger partial charge in [0.25, 0.3) is 0 Å². The fourth-order valence-corrected chi connectivity index (χ4v) is 3.83. The lowest BCUT2D eigenvalue weighted by molar-refractivity contribution is -0.117. The van der Waals surface area contributed by atoms with Gasteiger partial charge in [0.1, 0.15) is 17.3 Å². The van der Waals surface area contributed by atoms with Crippen LogP contribution in [0, 0.1) is 11.6 Å². The van der Waals surface area contributed by atoms with Gasteiger partial charge in [-0.1, -0.05) is 24.3 Å². The standard InChI is InChI=1S/C21H21F2N3O/c22-17-5-3-6-18(23)21(17)25-20(27)13-26-10-8-14(9-11-26)16-12-24-19-7-2-1-4-15(16)19/h1-7,12,14,24H,8-11,13H2,(H,25,27). The Morgan fingerprint density at radius 3 is 2.52 bits per heavy atom. The molecule has 2 heterocycles. The maximum atomic E-state index is 13.7. The van der Waals surface area contributed by atoms with Crippen LogP contribution in [0.15, 0.2) is 48.7 Å². The molecule has 4 nitrogen and oxygen atoms in total. The summed E-state index contributed by atoms with van der Waals surface area (Å²) in [6.45, 7) is 1.68. The molecule has 0 unspecified atom stereocenters. The van der Waals surface area contributed by atoms with Crippen molar-refractivity contribution in [1.29, 1.82) is 0 Å². The normalized spacial score (nSPS) is 15.9. The Kier molecular flexibility index (Phi) is 4.90. The molecule has 4 rings (SSSR count). The van der Waals surface area contributed by atoms with Crippen molar-refractivity contribution in [3.8, 4) is 0 Å². The van der Waals surface area contributed by atoms with E-state index >= 15 is 0 Å². The van der Waals surface area contributed by atoms with Gasteiger partial charge in [0, 0.05) is 17.1 Å². The third-order valence-electron chi connectivity index (χ3n) is 5.24. The van der Waals surface area contributed by atoms with E-state index in [-0.39, 0.29) is 12.2 Å². The number of H-pyrrole nitrogens is 1. The lowest BCUT2D eigenvalue weighted by atomic mass is 9.89. The topological polar surface area (TPSA) is 48.1 Å². The summed E-state index contributed by atoms with van der Waals surface area (Å²) < 4.78 is 27.3. The predicted octanol–water partition coefficient (Wildman–Crippen LogP) is 4.26. The van der Waals surface area contributed by atoms with Crippen molar-refractivity contribution in [3.05, 3.63) is 65.9 Å². The summed E-state index contributed by atoms with van der Waals surface area (Å²) in [5.41, 5.74) is 2.08. The second-order valence-corrected chi connectivity index (χ2v) is 6.98. The molecule has 2 N–H and O–H groups in total. The summed E-state index contributed by atoms with van der Waals surface area (Å²) in [4.78, 5) is 17.5. The first kappa shape index (κ1) is 17.7. The minimum absolute atomic E-state index is 0.133. The highest BCUT2D eigenvalue weighted by atomic mass is 19.1. The zero-order valence-corrected chi connectivity index (χ0v) is 14.8. The third-order valence-corrected chi connectivity index (χ3v) is 5.24. The number of nitrogens with zero attached hydrogens (tertiary/aromatic N) is 1. The summed E-state index contributed by atoms with van der Waals surface area (Å²) in [5.74, 6) is -1.48. The minimum atomic E-state index is -0.763. The number of hydrogen-bond acceptors (Lipinski definition) is 2. The number of likely N-dealkylation sites (tertiary alicyclic amines) is 1. The lowest BCUT2D eigenvalue weighted by Crippen LogP contribution is -2.38. The lowest BCUT2D eigenvalue weighted by Gasteiger charge is -2.31. The molecular formula is C21H21F2N3O. The number of hydrogen-bond donors (Lipinski definition) is 2. The van der Waals surface area contributed by atoms with Crippen molar-refractivity contribution < 1.29 is 13.6 Å². The van der Waals surface area contributed by atoms with Crippen molar-refractivity contribution in [3.63, 3.8) is 0 Å². The molecule has 2 aromatic carbocycles. The highest BCUT2D eigenvalue weighted by Gasteiger charge is 2.24. The Balaban J connectivity index is 1.35. The SMILES string of the molecule is O=C(CN1CCC(c2c[nH]c3ccccc23)CC1)Nc1c(F)cccc1F. The van der Waals surface area contributed by atoms with E-state index < -0.39 is 17.5 Å². The monoisotopic (exact) mass is 369 g/mol. The van der Waals surface area contributed by atoms with E-state index in [1.54, 1.807) is 0 Å². The van der Waals surface area contributed by atoms with Crippen molar-refractivity contribution in [1.82, 2.24) is 9.88 Å². The van der Waals surface area contributed by atoms with E-state index in [1.807, 2.05) is 17.0 Å². The summed E-state index contributed by atoms with van der Waals surface area (Å²) in [5, 5.41) is 3.61. The summed E-state index contributed by atoms with van der Waals surface area (Å²) in [7, 11) is 0. The second-order valence-electron chi connectivity index (χ2n) is 6.98. The number of anilines is 1. The largest absolute Gasteiger partial charge is 0.361 e. The maximum Gasteiger partial charge on any atom is 0.238 e. The molecule has 0 bridgehead atoms. The minimum Gasteiger partial charge on any atom is -0.361 e. The molecule has 0 saturated carbocycles. The highest BCUT2D eigenvalue weighted by molar-refractivity contribution is 5.92. The number of fused-ring (bicyclic) bond motifs is 1. The summed E-state index contributed by atoms with van der Waals surface area (Å²) in [6.07, 6.45) is 3.98. The third kappa shape index (κ3) is 3.71. The highest BCUT2D eigenvalue weighted by Crippen LogP contribution is 2.33. The van der Waals surface area contributed by atoms with Gasteiger partial charge in [-0.15, -0.1) is 0 Å². The van der Waals surface area contributed by atoms with E-state index in [2.05, 4.69) is 28.6 Å². The number of benzene rings is 2. The average Bonchev–Trinajstić information content (AvgIpc) is 3.10. The number of nitrogens with one attached hydrogen (secondary N) is 2. The van der Waals surface area contributed by atoms with Gasteiger partial charge in [0.2, 0.25) is 5.91 Å². The zero-order chi connectivity index (χ0) is 18.8. The van der Waals surface area contributed by atoms with Crippen LogP contribution in [0.1, 0.15) is 24.3 Å². The number of amides is 1. The fraction of sp³-hybridized carbons (Fsp3) is 0.286. The van der Waals surface area contributed by atoms with Crippen LogP contribution in [0.2, 0.25) is 0 Å². The van der Waals surface area contributed by atoms with E-state index in [4.69, 9.17) is 0 Å². The molecule has 1 aliphatic heterocycles. The van der Waals surface area contributed by atoms with Crippen molar-refractivity contribution in [2.45, 2.75) is 18.8 Å². The first-order valence-electron chi connectivity index (χ1n) is 9.14. The fourth-order valence-electron chi connectivity index (χ4n) is 3.83. The second kappa shape index (κ2) is 7.48. The molecule has 1 fully saturated rings. The molecule has 0 aliphatic carbocycles. The molecular weight excluding hydrogens is 348 g/mol. The van der Waals surface area contributed by atoms with Crippen molar-refractivity contribution >= 4 is 22.5 Å².